The molecule has 3 aromatic carbocycles. The third-order valence-corrected chi connectivity index (χ3v) is 4.96. The van der Waals surface area contributed by atoms with Gasteiger partial charge in [-0.2, -0.15) is 0 Å². The van der Waals surface area contributed by atoms with Crippen molar-refractivity contribution in [1.29, 1.82) is 0 Å². The first kappa shape index (κ1) is 21.2. The lowest BCUT2D eigenvalue weighted by molar-refractivity contribution is -0.384. The van der Waals surface area contributed by atoms with Crippen molar-refractivity contribution in [3.05, 3.63) is 100 Å². The molecule has 0 aromatic heterocycles. The van der Waals surface area contributed by atoms with Gasteiger partial charge in [-0.3, -0.25) is 19.9 Å². The Morgan fingerprint density at radius 3 is 2.23 bits per heavy atom. The number of carbonyl (C=O) groups excluding carboxylic acids is 1. The molecule has 152 valence electrons. The quantitative estimate of drug-likeness (QED) is 0.372. The van der Waals surface area contributed by atoms with Crippen molar-refractivity contribution < 1.29 is 9.72 Å². The van der Waals surface area contributed by atoms with Crippen molar-refractivity contribution in [3.63, 3.8) is 0 Å². The Bertz CT molecular complexity index is 1080. The third-order valence-electron chi connectivity index (χ3n) is 4.96. The summed E-state index contributed by atoms with van der Waals surface area (Å²) in [5.41, 5.74) is 3.50. The number of nitrogens with one attached hydrogen (secondary N) is 1. The van der Waals surface area contributed by atoms with Crippen LogP contribution in [0.5, 0.6) is 0 Å². The topological polar surface area (TPSA) is 84.6 Å². The Kier molecular flexibility index (Phi) is 6.59. The van der Waals surface area contributed by atoms with Crippen LogP contribution in [0.2, 0.25) is 0 Å². The maximum absolute atomic E-state index is 12.8. The van der Waals surface area contributed by atoms with Gasteiger partial charge in [0.25, 0.3) is 5.69 Å². The molecule has 0 aliphatic carbocycles. The summed E-state index contributed by atoms with van der Waals surface area (Å²) in [4.78, 5) is 27.8. The molecule has 0 saturated heterocycles. The SMILES string of the molecule is Cl.O=C(c1ccc(-c2ccccc2)cc1)C1CN=C(c2cccc([N+](=O)[O-])c2)NC1. The van der Waals surface area contributed by atoms with E-state index in [4.69, 9.17) is 0 Å². The number of aliphatic imine (C=N–C) groups is 1. The van der Waals surface area contributed by atoms with Gasteiger partial charge in [-0.05, 0) is 11.1 Å². The second-order valence-electron chi connectivity index (χ2n) is 6.88. The number of halogens is 1. The first-order valence-corrected chi connectivity index (χ1v) is 9.34. The fourth-order valence-corrected chi connectivity index (χ4v) is 3.37. The van der Waals surface area contributed by atoms with Gasteiger partial charge in [0.15, 0.2) is 5.78 Å². The van der Waals surface area contributed by atoms with Crippen LogP contribution in [0, 0.1) is 16.0 Å². The molecular weight excluding hydrogens is 402 g/mol. The fraction of sp³-hybridized carbons (Fsp3) is 0.130. The summed E-state index contributed by atoms with van der Waals surface area (Å²) in [5.74, 6) is 0.358. The molecule has 0 fully saturated rings. The van der Waals surface area contributed by atoms with Crippen LogP contribution in [0.15, 0.2) is 83.9 Å². The van der Waals surface area contributed by atoms with Crippen LogP contribution in [0.1, 0.15) is 15.9 Å². The third kappa shape index (κ3) is 4.55. The summed E-state index contributed by atoms with van der Waals surface area (Å²) in [6.45, 7) is 0.797. The van der Waals surface area contributed by atoms with Crippen LogP contribution in [0.3, 0.4) is 0 Å². The second-order valence-corrected chi connectivity index (χ2v) is 6.88. The van der Waals surface area contributed by atoms with E-state index in [1.807, 2.05) is 54.6 Å². The van der Waals surface area contributed by atoms with Gasteiger partial charge in [0.05, 0.1) is 17.4 Å². The van der Waals surface area contributed by atoms with Crippen molar-refractivity contribution in [3.8, 4) is 11.1 Å². The molecule has 0 spiro atoms. The lowest BCUT2D eigenvalue weighted by Crippen LogP contribution is -2.39. The van der Waals surface area contributed by atoms with E-state index in [0.29, 0.717) is 30.1 Å². The molecule has 4 rings (SSSR count). The Morgan fingerprint density at radius 1 is 0.933 bits per heavy atom. The molecule has 1 unspecified atom stereocenters. The van der Waals surface area contributed by atoms with E-state index in [0.717, 1.165) is 11.1 Å². The molecule has 1 aliphatic heterocycles. The van der Waals surface area contributed by atoms with Crippen LogP contribution in [-0.2, 0) is 0 Å². The van der Waals surface area contributed by atoms with Gasteiger partial charge in [0, 0.05) is 29.8 Å². The number of benzene rings is 3. The monoisotopic (exact) mass is 421 g/mol. The number of carbonyl (C=O) groups is 1. The number of Topliss-reactive ketones (excluding diaryl/α,β-unsaturated/α-hetero) is 1. The first-order valence-electron chi connectivity index (χ1n) is 9.34. The molecule has 7 heteroatoms. The molecule has 1 atom stereocenters. The van der Waals surface area contributed by atoms with Gasteiger partial charge in [0.1, 0.15) is 5.84 Å². The molecule has 0 bridgehead atoms. The maximum Gasteiger partial charge on any atom is 0.270 e. The maximum atomic E-state index is 12.8. The lowest BCUT2D eigenvalue weighted by Gasteiger charge is -2.22. The number of nitrogens with zero attached hydrogens (tertiary/aromatic N) is 2. The highest BCUT2D eigenvalue weighted by Crippen LogP contribution is 2.21. The normalized spacial score (nSPS) is 15.3. The van der Waals surface area contributed by atoms with Crippen molar-refractivity contribution in [2.45, 2.75) is 0 Å². The molecular formula is C23H20ClN3O3. The highest BCUT2D eigenvalue weighted by Gasteiger charge is 2.24. The van der Waals surface area contributed by atoms with E-state index < -0.39 is 4.92 Å². The minimum absolute atomic E-state index is 0. The number of nitro benzene ring substituents is 1. The number of rotatable bonds is 5. The van der Waals surface area contributed by atoms with E-state index in [1.165, 1.54) is 12.1 Å². The summed E-state index contributed by atoms with van der Waals surface area (Å²) in [6, 6.07) is 23.9. The summed E-state index contributed by atoms with van der Waals surface area (Å²) in [7, 11) is 0. The molecule has 1 heterocycles. The Labute approximate surface area is 180 Å². The van der Waals surface area contributed by atoms with Crippen LogP contribution < -0.4 is 5.32 Å². The summed E-state index contributed by atoms with van der Waals surface area (Å²) in [6.07, 6.45) is 0. The largest absolute Gasteiger partial charge is 0.369 e. The van der Waals surface area contributed by atoms with E-state index >= 15 is 0 Å². The van der Waals surface area contributed by atoms with E-state index in [1.54, 1.807) is 12.1 Å². The van der Waals surface area contributed by atoms with Gasteiger partial charge in [0.2, 0.25) is 0 Å². The van der Waals surface area contributed by atoms with Crippen molar-refractivity contribution in [2.24, 2.45) is 10.9 Å². The number of non-ortho nitro benzene ring substituents is 1. The predicted octanol–water partition coefficient (Wildman–Crippen LogP) is 4.53. The predicted molar refractivity (Wildman–Crippen MR) is 119 cm³/mol. The zero-order chi connectivity index (χ0) is 20.2. The van der Waals surface area contributed by atoms with Gasteiger partial charge in [-0.15, -0.1) is 12.4 Å². The number of hydrogen-bond donors (Lipinski definition) is 1. The minimum Gasteiger partial charge on any atom is -0.369 e. The van der Waals surface area contributed by atoms with Gasteiger partial charge in [-0.25, -0.2) is 0 Å². The van der Waals surface area contributed by atoms with E-state index in [9.17, 15) is 14.9 Å². The van der Waals surface area contributed by atoms with Crippen LogP contribution >= 0.6 is 12.4 Å². The molecule has 30 heavy (non-hydrogen) atoms. The van der Waals surface area contributed by atoms with Crippen LogP contribution in [0.25, 0.3) is 11.1 Å². The fourth-order valence-electron chi connectivity index (χ4n) is 3.37. The van der Waals surface area contributed by atoms with Crippen molar-refractivity contribution >= 4 is 29.7 Å². The number of ketones is 1. The highest BCUT2D eigenvalue weighted by atomic mass is 35.5. The number of amidine groups is 1. The summed E-state index contributed by atoms with van der Waals surface area (Å²) >= 11 is 0. The zero-order valence-electron chi connectivity index (χ0n) is 16.0. The Hall–Kier alpha value is -3.51. The Balaban J connectivity index is 0.00000256. The van der Waals surface area contributed by atoms with Gasteiger partial charge >= 0.3 is 0 Å². The summed E-state index contributed by atoms with van der Waals surface area (Å²) in [5, 5.41) is 14.1. The van der Waals surface area contributed by atoms with Crippen molar-refractivity contribution in [1.82, 2.24) is 5.32 Å². The lowest BCUT2D eigenvalue weighted by atomic mass is 9.94. The molecule has 3 aromatic rings. The van der Waals surface area contributed by atoms with Gasteiger partial charge < -0.3 is 5.32 Å². The molecule has 1 N–H and O–H groups in total. The Morgan fingerprint density at radius 2 is 1.60 bits per heavy atom. The van der Waals surface area contributed by atoms with Crippen LogP contribution in [0.4, 0.5) is 5.69 Å². The number of nitro groups is 1. The van der Waals surface area contributed by atoms with Crippen LogP contribution in [-0.4, -0.2) is 29.6 Å². The molecule has 0 saturated carbocycles. The highest BCUT2D eigenvalue weighted by molar-refractivity contribution is 6.03. The van der Waals surface area contributed by atoms with E-state index in [2.05, 4.69) is 10.3 Å². The zero-order valence-corrected chi connectivity index (χ0v) is 16.8. The van der Waals surface area contributed by atoms with E-state index in [-0.39, 0.29) is 29.8 Å². The smallest absolute Gasteiger partial charge is 0.270 e. The standard InChI is InChI=1S/C23H19N3O3.ClH/c27-22(18-11-9-17(10-12-18)16-5-2-1-3-6-16)20-14-24-23(25-15-20)19-7-4-8-21(13-19)26(28)29;/h1-13,20H,14-15H2,(H,24,25);1H. The number of hydrogen-bond acceptors (Lipinski definition) is 5. The average molecular weight is 422 g/mol. The molecule has 0 radical (unpaired) electrons. The molecule has 1 aliphatic rings. The molecule has 6 nitrogen and oxygen atoms in total. The molecule has 0 amide bonds. The van der Waals surface area contributed by atoms with Crippen molar-refractivity contribution in [2.75, 3.05) is 13.1 Å². The first-order chi connectivity index (χ1) is 14.1. The average Bonchev–Trinajstić information content (AvgIpc) is 2.79. The summed E-state index contributed by atoms with van der Waals surface area (Å²) < 4.78 is 0. The van der Waals surface area contributed by atoms with Gasteiger partial charge in [-0.1, -0.05) is 66.7 Å². The minimum atomic E-state index is -0.432. The second kappa shape index (κ2) is 9.33.